The molecular weight excluding hydrogens is 336 g/mol. The highest BCUT2D eigenvalue weighted by Gasteiger charge is 2.21. The van der Waals surface area contributed by atoms with E-state index < -0.39 is 5.82 Å². The van der Waals surface area contributed by atoms with Gasteiger partial charge in [0.1, 0.15) is 17.5 Å². The van der Waals surface area contributed by atoms with E-state index in [1.54, 1.807) is 0 Å². The van der Waals surface area contributed by atoms with E-state index in [0.29, 0.717) is 12.1 Å². The molecule has 0 atom stereocenters. The van der Waals surface area contributed by atoms with Gasteiger partial charge in [0.2, 0.25) is 5.95 Å². The Hall–Kier alpha value is -2.28. The van der Waals surface area contributed by atoms with Crippen LogP contribution in [0.5, 0.6) is 0 Å². The first-order chi connectivity index (χ1) is 12.7. The van der Waals surface area contributed by atoms with Gasteiger partial charge in [0.15, 0.2) is 0 Å². The maximum Gasteiger partial charge on any atom is 0.227 e. The summed E-state index contributed by atoms with van der Waals surface area (Å²) in [5.41, 5.74) is 0.408. The van der Waals surface area contributed by atoms with Crippen LogP contribution in [0.4, 0.5) is 20.5 Å². The second-order valence-corrected chi connectivity index (χ2v) is 6.91. The van der Waals surface area contributed by atoms with Crippen molar-refractivity contribution in [1.29, 1.82) is 0 Å². The van der Waals surface area contributed by atoms with Gasteiger partial charge in [0.05, 0.1) is 0 Å². The molecule has 2 fully saturated rings. The van der Waals surface area contributed by atoms with E-state index in [1.165, 1.54) is 25.0 Å². The SMILES string of the molecule is Fc1ccc(F)c(CN2CCN(c3nccc(N4CCCC4)n3)CC2)c1. The largest absolute Gasteiger partial charge is 0.356 e. The van der Waals surface area contributed by atoms with E-state index in [0.717, 1.165) is 57.1 Å². The molecule has 26 heavy (non-hydrogen) atoms. The number of benzene rings is 1. The fourth-order valence-electron chi connectivity index (χ4n) is 3.63. The van der Waals surface area contributed by atoms with Gasteiger partial charge in [-0.05, 0) is 37.1 Å². The molecule has 0 bridgehead atoms. The van der Waals surface area contributed by atoms with Gasteiger partial charge in [-0.2, -0.15) is 4.98 Å². The molecule has 0 radical (unpaired) electrons. The number of hydrogen-bond acceptors (Lipinski definition) is 5. The molecule has 0 spiro atoms. The molecule has 7 heteroatoms. The second kappa shape index (κ2) is 7.53. The first-order valence-electron chi connectivity index (χ1n) is 9.18. The molecule has 0 amide bonds. The van der Waals surface area contributed by atoms with E-state index in [1.807, 2.05) is 12.3 Å². The molecule has 2 aliphatic heterocycles. The molecule has 0 aliphatic carbocycles. The summed E-state index contributed by atoms with van der Waals surface area (Å²) in [5, 5.41) is 0. The first-order valence-corrected chi connectivity index (χ1v) is 9.18. The monoisotopic (exact) mass is 359 g/mol. The van der Waals surface area contributed by atoms with Gasteiger partial charge in [-0.3, -0.25) is 4.90 Å². The van der Waals surface area contributed by atoms with Gasteiger partial charge < -0.3 is 9.80 Å². The van der Waals surface area contributed by atoms with Crippen LogP contribution in [0, 0.1) is 11.6 Å². The van der Waals surface area contributed by atoms with E-state index in [2.05, 4.69) is 19.7 Å². The predicted octanol–water partition coefficient (Wildman–Crippen LogP) is 2.68. The third-order valence-electron chi connectivity index (χ3n) is 5.12. The fourth-order valence-corrected chi connectivity index (χ4v) is 3.63. The number of halogens is 2. The van der Waals surface area contributed by atoms with E-state index in [9.17, 15) is 8.78 Å². The minimum Gasteiger partial charge on any atom is -0.356 e. The highest BCUT2D eigenvalue weighted by Crippen LogP contribution is 2.21. The summed E-state index contributed by atoms with van der Waals surface area (Å²) in [6.45, 7) is 5.64. The summed E-state index contributed by atoms with van der Waals surface area (Å²) in [7, 11) is 0. The van der Waals surface area contributed by atoms with Gasteiger partial charge >= 0.3 is 0 Å². The molecule has 138 valence electrons. The summed E-state index contributed by atoms with van der Waals surface area (Å²) >= 11 is 0. The summed E-state index contributed by atoms with van der Waals surface area (Å²) in [6.07, 6.45) is 4.26. The Kier molecular flexibility index (Phi) is 4.97. The summed E-state index contributed by atoms with van der Waals surface area (Å²) in [4.78, 5) is 15.8. The summed E-state index contributed by atoms with van der Waals surface area (Å²) < 4.78 is 27.2. The van der Waals surface area contributed by atoms with Crippen LogP contribution in [0.2, 0.25) is 0 Å². The third kappa shape index (κ3) is 3.77. The molecule has 1 aromatic carbocycles. The zero-order chi connectivity index (χ0) is 17.9. The van der Waals surface area contributed by atoms with Crippen molar-refractivity contribution in [2.24, 2.45) is 0 Å². The van der Waals surface area contributed by atoms with E-state index in [-0.39, 0.29) is 5.82 Å². The zero-order valence-electron chi connectivity index (χ0n) is 14.7. The van der Waals surface area contributed by atoms with Gasteiger partial charge in [0, 0.05) is 57.6 Å². The normalized spacial score (nSPS) is 18.5. The molecule has 0 unspecified atom stereocenters. The molecular formula is C19H23F2N5. The Morgan fingerprint density at radius 2 is 1.65 bits per heavy atom. The number of aromatic nitrogens is 2. The molecule has 2 saturated heterocycles. The van der Waals surface area contributed by atoms with Gasteiger partial charge in [-0.15, -0.1) is 0 Å². The van der Waals surface area contributed by atoms with Crippen molar-refractivity contribution >= 4 is 11.8 Å². The van der Waals surface area contributed by atoms with Crippen molar-refractivity contribution < 1.29 is 8.78 Å². The Bertz CT molecular complexity index is 755. The summed E-state index contributed by atoms with van der Waals surface area (Å²) in [5.74, 6) is 1.00. The van der Waals surface area contributed by atoms with Crippen molar-refractivity contribution in [3.8, 4) is 0 Å². The van der Waals surface area contributed by atoms with Crippen LogP contribution in [0.3, 0.4) is 0 Å². The minimum atomic E-state index is -0.396. The lowest BCUT2D eigenvalue weighted by atomic mass is 10.2. The fraction of sp³-hybridized carbons (Fsp3) is 0.474. The highest BCUT2D eigenvalue weighted by molar-refractivity contribution is 5.44. The molecule has 0 N–H and O–H groups in total. The van der Waals surface area contributed by atoms with Crippen LogP contribution in [-0.4, -0.2) is 54.1 Å². The standard InChI is InChI=1S/C19H23F2N5/c20-16-3-4-17(21)15(13-16)14-24-9-11-26(12-10-24)19-22-6-5-18(23-19)25-7-1-2-8-25/h3-6,13H,1-2,7-12,14H2. The topological polar surface area (TPSA) is 35.5 Å². The van der Waals surface area contributed by atoms with Crippen molar-refractivity contribution in [3.63, 3.8) is 0 Å². The predicted molar refractivity (Wildman–Crippen MR) is 97.3 cm³/mol. The number of piperazine rings is 1. The molecule has 1 aromatic heterocycles. The maximum atomic E-state index is 13.8. The van der Waals surface area contributed by atoms with Crippen molar-refractivity contribution in [3.05, 3.63) is 47.7 Å². The lowest BCUT2D eigenvalue weighted by molar-refractivity contribution is 0.245. The van der Waals surface area contributed by atoms with Crippen LogP contribution >= 0.6 is 0 Å². The average Bonchev–Trinajstić information content (AvgIpc) is 3.20. The van der Waals surface area contributed by atoms with Crippen molar-refractivity contribution in [1.82, 2.24) is 14.9 Å². The molecule has 5 nitrogen and oxygen atoms in total. The van der Waals surface area contributed by atoms with E-state index >= 15 is 0 Å². The van der Waals surface area contributed by atoms with Crippen LogP contribution in [0.1, 0.15) is 18.4 Å². The number of hydrogen-bond donors (Lipinski definition) is 0. The lowest BCUT2D eigenvalue weighted by Gasteiger charge is -2.35. The van der Waals surface area contributed by atoms with Crippen molar-refractivity contribution in [2.45, 2.75) is 19.4 Å². The molecule has 0 saturated carbocycles. The smallest absolute Gasteiger partial charge is 0.227 e. The van der Waals surface area contributed by atoms with Gasteiger partial charge in [0.25, 0.3) is 0 Å². The maximum absolute atomic E-state index is 13.8. The first kappa shape index (κ1) is 17.1. The molecule has 2 aliphatic rings. The Labute approximate surface area is 152 Å². The van der Waals surface area contributed by atoms with Crippen molar-refractivity contribution in [2.75, 3.05) is 49.1 Å². The Morgan fingerprint density at radius 1 is 0.885 bits per heavy atom. The zero-order valence-corrected chi connectivity index (χ0v) is 14.7. The number of nitrogens with zero attached hydrogens (tertiary/aromatic N) is 5. The van der Waals surface area contributed by atoms with Gasteiger partial charge in [-0.25, -0.2) is 13.8 Å². The third-order valence-corrected chi connectivity index (χ3v) is 5.12. The van der Waals surface area contributed by atoms with Crippen LogP contribution in [0.15, 0.2) is 30.5 Å². The summed E-state index contributed by atoms with van der Waals surface area (Å²) in [6, 6.07) is 5.60. The quantitative estimate of drug-likeness (QED) is 0.839. The van der Waals surface area contributed by atoms with Crippen LogP contribution in [0.25, 0.3) is 0 Å². The highest BCUT2D eigenvalue weighted by atomic mass is 19.1. The van der Waals surface area contributed by atoms with E-state index in [4.69, 9.17) is 4.98 Å². The molecule has 3 heterocycles. The minimum absolute atomic E-state index is 0.351. The average molecular weight is 359 g/mol. The number of rotatable bonds is 4. The lowest BCUT2D eigenvalue weighted by Crippen LogP contribution is -2.46. The van der Waals surface area contributed by atoms with Crippen LogP contribution < -0.4 is 9.80 Å². The van der Waals surface area contributed by atoms with Gasteiger partial charge in [-0.1, -0.05) is 0 Å². The molecule has 2 aromatic rings. The number of anilines is 2. The molecule has 4 rings (SSSR count). The Balaban J connectivity index is 1.37. The Morgan fingerprint density at radius 3 is 2.42 bits per heavy atom. The van der Waals surface area contributed by atoms with Crippen LogP contribution in [-0.2, 0) is 6.54 Å². The second-order valence-electron chi connectivity index (χ2n) is 6.91.